The molecule has 4 heteroatoms. The van der Waals surface area contributed by atoms with Crippen molar-refractivity contribution in [3.8, 4) is 0 Å². The first-order valence-corrected chi connectivity index (χ1v) is 7.57. The van der Waals surface area contributed by atoms with Crippen LogP contribution in [-0.4, -0.2) is 53.9 Å². The zero-order chi connectivity index (χ0) is 15.5. The Hall–Kier alpha value is -1.42. The van der Waals surface area contributed by atoms with Crippen LogP contribution in [0.25, 0.3) is 0 Å². The van der Waals surface area contributed by atoms with Gasteiger partial charge in [-0.15, -0.1) is 0 Å². The third kappa shape index (κ3) is 5.70. The van der Waals surface area contributed by atoms with Crippen molar-refractivity contribution in [2.75, 3.05) is 33.2 Å². The molecule has 0 aliphatic carbocycles. The van der Waals surface area contributed by atoms with Gasteiger partial charge in [-0.25, -0.2) is 0 Å². The van der Waals surface area contributed by atoms with Gasteiger partial charge in [-0.3, -0.25) is 9.78 Å². The van der Waals surface area contributed by atoms with Gasteiger partial charge < -0.3 is 9.80 Å². The molecule has 1 aromatic rings. The number of nitrogens with zero attached hydrogens (tertiary/aromatic N) is 3. The fourth-order valence-corrected chi connectivity index (χ4v) is 1.77. The average molecular weight is 279 g/mol. The van der Waals surface area contributed by atoms with E-state index in [1.54, 1.807) is 12.3 Å². The van der Waals surface area contributed by atoms with Gasteiger partial charge in [0.05, 0.1) is 0 Å². The van der Waals surface area contributed by atoms with E-state index < -0.39 is 0 Å². The maximum absolute atomic E-state index is 12.1. The standard InChI is InChI=1S/C12H17N3O.2C2H6/c1-10-3-4-11(13-9-10)12(16)15-7-5-14(2)6-8-15;2*1-2/h3-4,9H,5-8H2,1-2H3;2*1-2H3. The van der Waals surface area contributed by atoms with E-state index in [0.717, 1.165) is 31.7 Å². The summed E-state index contributed by atoms with van der Waals surface area (Å²) in [7, 11) is 2.08. The zero-order valence-electron chi connectivity index (χ0n) is 13.8. The quantitative estimate of drug-likeness (QED) is 0.793. The van der Waals surface area contributed by atoms with Crippen molar-refractivity contribution in [1.82, 2.24) is 14.8 Å². The maximum atomic E-state index is 12.1. The van der Waals surface area contributed by atoms with Crippen LogP contribution in [0.2, 0.25) is 0 Å². The predicted octanol–water partition coefficient (Wildman–Crippen LogP) is 2.83. The van der Waals surface area contributed by atoms with E-state index in [4.69, 9.17) is 0 Å². The van der Waals surface area contributed by atoms with Crippen LogP contribution >= 0.6 is 0 Å². The van der Waals surface area contributed by atoms with E-state index in [0.29, 0.717) is 5.69 Å². The van der Waals surface area contributed by atoms with E-state index in [1.807, 2.05) is 45.6 Å². The Bertz CT molecular complexity index is 368. The van der Waals surface area contributed by atoms with Gasteiger partial charge in [0.25, 0.3) is 5.91 Å². The summed E-state index contributed by atoms with van der Waals surface area (Å²) >= 11 is 0. The van der Waals surface area contributed by atoms with Crippen molar-refractivity contribution in [2.24, 2.45) is 0 Å². The van der Waals surface area contributed by atoms with Crippen molar-refractivity contribution in [1.29, 1.82) is 0 Å². The Morgan fingerprint density at radius 1 is 1.05 bits per heavy atom. The Balaban J connectivity index is 0.000000829. The van der Waals surface area contributed by atoms with Crippen LogP contribution in [0.3, 0.4) is 0 Å². The lowest BCUT2D eigenvalue weighted by Gasteiger charge is -2.32. The SMILES string of the molecule is CC.CC.Cc1ccc(C(=O)N2CCN(C)CC2)nc1. The number of aromatic nitrogens is 1. The molecule has 4 nitrogen and oxygen atoms in total. The van der Waals surface area contributed by atoms with Gasteiger partial charge in [0, 0.05) is 32.4 Å². The van der Waals surface area contributed by atoms with E-state index in [-0.39, 0.29) is 5.91 Å². The molecule has 0 N–H and O–H groups in total. The number of carbonyl (C=O) groups is 1. The highest BCUT2D eigenvalue weighted by Gasteiger charge is 2.20. The van der Waals surface area contributed by atoms with Crippen LogP contribution < -0.4 is 0 Å². The highest BCUT2D eigenvalue weighted by atomic mass is 16.2. The van der Waals surface area contributed by atoms with Crippen LogP contribution in [0.15, 0.2) is 18.3 Å². The molecule has 0 radical (unpaired) electrons. The number of carbonyl (C=O) groups excluding carboxylic acids is 1. The Labute approximate surface area is 123 Å². The van der Waals surface area contributed by atoms with Crippen LogP contribution in [0.4, 0.5) is 0 Å². The fourth-order valence-electron chi connectivity index (χ4n) is 1.77. The lowest BCUT2D eigenvalue weighted by molar-refractivity contribution is 0.0658. The summed E-state index contributed by atoms with van der Waals surface area (Å²) in [5.41, 5.74) is 1.63. The van der Waals surface area contributed by atoms with E-state index in [9.17, 15) is 4.79 Å². The third-order valence-corrected chi connectivity index (χ3v) is 2.92. The molecule has 0 saturated carbocycles. The van der Waals surface area contributed by atoms with Crippen LogP contribution in [0, 0.1) is 6.92 Å². The number of aryl methyl sites for hydroxylation is 1. The van der Waals surface area contributed by atoms with E-state index in [1.165, 1.54) is 0 Å². The minimum Gasteiger partial charge on any atom is -0.335 e. The predicted molar refractivity (Wildman–Crippen MR) is 85.1 cm³/mol. The van der Waals surface area contributed by atoms with Crippen molar-refractivity contribution in [2.45, 2.75) is 34.6 Å². The van der Waals surface area contributed by atoms with Crippen LogP contribution in [0.5, 0.6) is 0 Å². The number of likely N-dealkylation sites (N-methyl/N-ethyl adjacent to an activating group) is 1. The van der Waals surface area contributed by atoms with Gasteiger partial charge in [-0.1, -0.05) is 33.8 Å². The normalized spacial score (nSPS) is 14.6. The first-order valence-electron chi connectivity index (χ1n) is 7.57. The molecular weight excluding hydrogens is 250 g/mol. The summed E-state index contributed by atoms with van der Waals surface area (Å²) in [6.45, 7) is 13.4. The maximum Gasteiger partial charge on any atom is 0.272 e. The number of hydrogen-bond acceptors (Lipinski definition) is 3. The van der Waals surface area contributed by atoms with Crippen molar-refractivity contribution < 1.29 is 4.79 Å². The summed E-state index contributed by atoms with van der Waals surface area (Å²) in [6.07, 6.45) is 1.74. The Morgan fingerprint density at radius 2 is 1.60 bits per heavy atom. The molecule has 1 fully saturated rings. The Morgan fingerprint density at radius 3 is 2.05 bits per heavy atom. The molecule has 0 spiro atoms. The Kier molecular flexibility index (Phi) is 9.64. The molecule has 0 atom stereocenters. The third-order valence-electron chi connectivity index (χ3n) is 2.92. The number of pyridine rings is 1. The molecule has 1 aliphatic heterocycles. The zero-order valence-corrected chi connectivity index (χ0v) is 13.8. The van der Waals surface area contributed by atoms with E-state index >= 15 is 0 Å². The van der Waals surface area contributed by atoms with Crippen molar-refractivity contribution >= 4 is 5.91 Å². The number of hydrogen-bond donors (Lipinski definition) is 0. The van der Waals surface area contributed by atoms with Crippen LogP contribution in [0.1, 0.15) is 43.7 Å². The molecule has 2 heterocycles. The van der Waals surface area contributed by atoms with Gasteiger partial charge in [-0.05, 0) is 25.6 Å². The largest absolute Gasteiger partial charge is 0.335 e. The lowest BCUT2D eigenvalue weighted by Crippen LogP contribution is -2.47. The topological polar surface area (TPSA) is 36.4 Å². The summed E-state index contributed by atoms with van der Waals surface area (Å²) in [6, 6.07) is 3.73. The summed E-state index contributed by atoms with van der Waals surface area (Å²) in [5.74, 6) is 0.0492. The molecule has 1 aromatic heterocycles. The molecule has 20 heavy (non-hydrogen) atoms. The highest BCUT2D eigenvalue weighted by Crippen LogP contribution is 2.06. The minimum atomic E-state index is 0.0492. The number of amides is 1. The first kappa shape index (κ1) is 18.6. The molecule has 1 aliphatic rings. The summed E-state index contributed by atoms with van der Waals surface area (Å²) < 4.78 is 0. The number of rotatable bonds is 1. The smallest absolute Gasteiger partial charge is 0.272 e. The first-order chi connectivity index (χ1) is 9.66. The van der Waals surface area contributed by atoms with Gasteiger partial charge in [0.1, 0.15) is 5.69 Å². The molecule has 0 bridgehead atoms. The second kappa shape index (κ2) is 10.4. The lowest BCUT2D eigenvalue weighted by atomic mass is 10.2. The van der Waals surface area contributed by atoms with Crippen molar-refractivity contribution in [3.63, 3.8) is 0 Å². The van der Waals surface area contributed by atoms with E-state index in [2.05, 4.69) is 16.9 Å². The number of piperazine rings is 1. The average Bonchev–Trinajstić information content (AvgIpc) is 2.52. The van der Waals surface area contributed by atoms with Gasteiger partial charge in [0.2, 0.25) is 0 Å². The second-order valence-corrected chi connectivity index (χ2v) is 4.32. The minimum absolute atomic E-state index is 0.0492. The molecular formula is C16H29N3O. The molecule has 1 saturated heterocycles. The van der Waals surface area contributed by atoms with Crippen molar-refractivity contribution in [3.05, 3.63) is 29.6 Å². The summed E-state index contributed by atoms with van der Waals surface area (Å²) in [4.78, 5) is 20.3. The molecule has 0 unspecified atom stereocenters. The highest BCUT2D eigenvalue weighted by molar-refractivity contribution is 5.92. The molecule has 114 valence electrons. The molecule has 1 amide bonds. The van der Waals surface area contributed by atoms with Gasteiger partial charge in [0.15, 0.2) is 0 Å². The molecule has 0 aromatic carbocycles. The fraction of sp³-hybridized carbons (Fsp3) is 0.625. The van der Waals surface area contributed by atoms with Crippen LogP contribution in [-0.2, 0) is 0 Å². The second-order valence-electron chi connectivity index (χ2n) is 4.32. The monoisotopic (exact) mass is 279 g/mol. The van der Waals surface area contributed by atoms with Gasteiger partial charge in [-0.2, -0.15) is 0 Å². The molecule has 2 rings (SSSR count). The van der Waals surface area contributed by atoms with Gasteiger partial charge >= 0.3 is 0 Å². The summed E-state index contributed by atoms with van der Waals surface area (Å²) in [5, 5.41) is 0.